The maximum absolute atomic E-state index is 12.9. The minimum absolute atomic E-state index is 0.100. The Morgan fingerprint density at radius 1 is 1.07 bits per heavy atom. The van der Waals surface area contributed by atoms with E-state index in [1.54, 1.807) is 23.9 Å². The Morgan fingerprint density at radius 2 is 1.76 bits per heavy atom. The zero-order valence-electron chi connectivity index (χ0n) is 16.8. The molecule has 0 aromatic heterocycles. The molecule has 0 bridgehead atoms. The molecule has 0 spiro atoms. The van der Waals surface area contributed by atoms with Crippen LogP contribution in [0.5, 0.6) is 0 Å². The fraction of sp³-hybridized carbons (Fsp3) is 0.364. The summed E-state index contributed by atoms with van der Waals surface area (Å²) in [7, 11) is 0. The smallest absolute Gasteiger partial charge is 0.279 e. The van der Waals surface area contributed by atoms with E-state index in [1.807, 2.05) is 4.90 Å². The fourth-order valence-electron chi connectivity index (χ4n) is 3.25. The van der Waals surface area contributed by atoms with Gasteiger partial charge in [-0.2, -0.15) is 0 Å². The molecule has 0 radical (unpaired) electrons. The number of piperazine rings is 1. The van der Waals surface area contributed by atoms with Crippen molar-refractivity contribution in [3.05, 3.63) is 59.4 Å². The van der Waals surface area contributed by atoms with Gasteiger partial charge in [0.25, 0.3) is 5.91 Å². The second-order valence-electron chi connectivity index (χ2n) is 7.40. The van der Waals surface area contributed by atoms with Gasteiger partial charge in [-0.15, -0.1) is 11.8 Å². The Morgan fingerprint density at radius 3 is 2.41 bits per heavy atom. The Bertz CT molecular complexity index is 865. The third kappa shape index (κ3) is 6.30. The number of hydrogen-bond donors (Lipinski definition) is 2. The van der Waals surface area contributed by atoms with E-state index in [-0.39, 0.29) is 17.6 Å². The fourth-order valence-corrected chi connectivity index (χ4v) is 4.15. The lowest BCUT2D eigenvalue weighted by Crippen LogP contribution is -3.15. The van der Waals surface area contributed by atoms with Crippen LogP contribution in [0, 0.1) is 19.7 Å². The number of thioether (sulfide) groups is 1. The number of quaternary nitrogens is 1. The summed E-state index contributed by atoms with van der Waals surface area (Å²) < 4.78 is 12.9. The van der Waals surface area contributed by atoms with E-state index in [9.17, 15) is 14.0 Å². The average Bonchev–Trinajstić information content (AvgIpc) is 2.71. The van der Waals surface area contributed by atoms with Crippen molar-refractivity contribution in [1.29, 1.82) is 0 Å². The van der Waals surface area contributed by atoms with Crippen LogP contribution in [-0.2, 0) is 9.59 Å². The lowest BCUT2D eigenvalue weighted by Gasteiger charge is -2.31. The summed E-state index contributed by atoms with van der Waals surface area (Å²) in [4.78, 5) is 28.8. The Balaban J connectivity index is 1.40. The lowest BCUT2D eigenvalue weighted by molar-refractivity contribution is -0.895. The summed E-state index contributed by atoms with van der Waals surface area (Å²) in [6, 6.07) is 12.0. The molecule has 2 aromatic carbocycles. The lowest BCUT2D eigenvalue weighted by atomic mass is 10.1. The largest absolute Gasteiger partial charge is 0.331 e. The highest BCUT2D eigenvalue weighted by Gasteiger charge is 2.25. The van der Waals surface area contributed by atoms with Crippen molar-refractivity contribution >= 4 is 29.3 Å². The van der Waals surface area contributed by atoms with Crippen molar-refractivity contribution in [3.63, 3.8) is 0 Å². The number of rotatable bonds is 6. The Hall–Kier alpha value is -2.38. The van der Waals surface area contributed by atoms with E-state index in [0.29, 0.717) is 31.1 Å². The molecule has 2 N–H and O–H groups in total. The molecule has 0 atom stereocenters. The van der Waals surface area contributed by atoms with Gasteiger partial charge in [0, 0.05) is 10.6 Å². The summed E-state index contributed by atoms with van der Waals surface area (Å²) >= 11 is 1.57. The van der Waals surface area contributed by atoms with E-state index >= 15 is 0 Å². The summed E-state index contributed by atoms with van der Waals surface area (Å²) in [6.45, 7) is 7.31. The number of amides is 2. The Kier molecular flexibility index (Phi) is 7.28. The molecule has 3 rings (SSSR count). The minimum atomic E-state index is -0.329. The maximum Gasteiger partial charge on any atom is 0.279 e. The highest BCUT2D eigenvalue weighted by Crippen LogP contribution is 2.21. The first kappa shape index (κ1) is 21.3. The first-order valence-corrected chi connectivity index (χ1v) is 10.8. The Labute approximate surface area is 175 Å². The summed E-state index contributed by atoms with van der Waals surface area (Å²) in [5.74, 6) is 0.146. The number of nitrogens with one attached hydrogen (secondary N) is 2. The summed E-state index contributed by atoms with van der Waals surface area (Å²) in [5, 5.41) is 2.79. The normalized spacial score (nSPS) is 14.7. The SMILES string of the molecule is Cc1ccc(SCC(=O)N2CC[NH+](CC(=O)Nc3ccc(F)cc3)CC2)cc1C. The van der Waals surface area contributed by atoms with Crippen molar-refractivity contribution in [2.45, 2.75) is 18.7 Å². The average molecular weight is 417 g/mol. The van der Waals surface area contributed by atoms with Gasteiger partial charge in [-0.05, 0) is 61.4 Å². The highest BCUT2D eigenvalue weighted by molar-refractivity contribution is 8.00. The molecule has 1 aliphatic rings. The molecule has 2 aromatic rings. The number of carbonyl (C=O) groups is 2. The number of benzene rings is 2. The molecule has 1 saturated heterocycles. The second kappa shape index (κ2) is 9.89. The number of carbonyl (C=O) groups excluding carboxylic acids is 2. The molecule has 1 fully saturated rings. The van der Waals surface area contributed by atoms with Crippen LogP contribution in [0.1, 0.15) is 11.1 Å². The van der Waals surface area contributed by atoms with Gasteiger partial charge in [0.1, 0.15) is 5.82 Å². The number of aryl methyl sites for hydroxylation is 2. The molecular weight excluding hydrogens is 389 g/mol. The topological polar surface area (TPSA) is 53.9 Å². The zero-order chi connectivity index (χ0) is 20.8. The molecule has 29 heavy (non-hydrogen) atoms. The quantitative estimate of drug-likeness (QED) is 0.708. The predicted octanol–water partition coefficient (Wildman–Crippen LogP) is 1.90. The molecule has 1 heterocycles. The molecule has 5 nitrogen and oxygen atoms in total. The number of halogens is 1. The molecule has 0 unspecified atom stereocenters. The van der Waals surface area contributed by atoms with Gasteiger partial charge in [0.15, 0.2) is 6.54 Å². The molecule has 154 valence electrons. The second-order valence-corrected chi connectivity index (χ2v) is 8.45. The van der Waals surface area contributed by atoms with Gasteiger partial charge in [-0.25, -0.2) is 4.39 Å². The van der Waals surface area contributed by atoms with Crippen LogP contribution in [0.25, 0.3) is 0 Å². The molecule has 1 aliphatic heterocycles. The van der Waals surface area contributed by atoms with E-state index in [0.717, 1.165) is 22.9 Å². The first-order chi connectivity index (χ1) is 13.9. The van der Waals surface area contributed by atoms with Gasteiger partial charge in [0.2, 0.25) is 5.91 Å². The van der Waals surface area contributed by atoms with Crippen LogP contribution in [0.15, 0.2) is 47.4 Å². The van der Waals surface area contributed by atoms with Crippen LogP contribution in [0.4, 0.5) is 10.1 Å². The maximum atomic E-state index is 12.9. The van der Waals surface area contributed by atoms with Crippen molar-refractivity contribution in [2.24, 2.45) is 0 Å². The monoisotopic (exact) mass is 416 g/mol. The van der Waals surface area contributed by atoms with Crippen molar-refractivity contribution in [1.82, 2.24) is 4.90 Å². The van der Waals surface area contributed by atoms with E-state index in [1.165, 1.54) is 23.3 Å². The molecular formula is C22H27FN3O2S+. The van der Waals surface area contributed by atoms with Gasteiger partial charge in [0.05, 0.1) is 31.9 Å². The number of hydrogen-bond acceptors (Lipinski definition) is 3. The van der Waals surface area contributed by atoms with E-state index < -0.39 is 0 Å². The van der Waals surface area contributed by atoms with Crippen molar-refractivity contribution in [3.8, 4) is 0 Å². The van der Waals surface area contributed by atoms with Crippen LogP contribution in [0.3, 0.4) is 0 Å². The molecule has 0 saturated carbocycles. The van der Waals surface area contributed by atoms with Crippen molar-refractivity contribution < 1.29 is 18.9 Å². The first-order valence-electron chi connectivity index (χ1n) is 9.77. The van der Waals surface area contributed by atoms with Crippen LogP contribution < -0.4 is 10.2 Å². The van der Waals surface area contributed by atoms with Gasteiger partial charge in [-0.1, -0.05) is 6.07 Å². The van der Waals surface area contributed by atoms with Gasteiger partial charge < -0.3 is 15.1 Å². The van der Waals surface area contributed by atoms with E-state index in [4.69, 9.17) is 0 Å². The summed E-state index contributed by atoms with van der Waals surface area (Å²) in [6.07, 6.45) is 0. The van der Waals surface area contributed by atoms with Crippen molar-refractivity contribution in [2.75, 3.05) is 43.8 Å². The van der Waals surface area contributed by atoms with Crippen LogP contribution >= 0.6 is 11.8 Å². The van der Waals surface area contributed by atoms with Crippen LogP contribution in [0.2, 0.25) is 0 Å². The number of nitrogens with zero attached hydrogens (tertiary/aromatic N) is 1. The van der Waals surface area contributed by atoms with Crippen LogP contribution in [-0.4, -0.2) is 55.2 Å². The van der Waals surface area contributed by atoms with E-state index in [2.05, 4.69) is 37.4 Å². The minimum Gasteiger partial charge on any atom is -0.331 e. The standard InChI is InChI=1S/C22H26FN3O2S/c1-16-3-8-20(13-17(16)2)29-15-22(28)26-11-9-25(10-12-26)14-21(27)24-19-6-4-18(23)5-7-19/h3-8,13H,9-12,14-15H2,1-2H3,(H,24,27)/p+1. The number of anilines is 1. The third-order valence-corrected chi connectivity index (χ3v) is 6.18. The molecule has 2 amide bonds. The third-order valence-electron chi connectivity index (χ3n) is 5.20. The summed E-state index contributed by atoms with van der Waals surface area (Å²) in [5.41, 5.74) is 3.08. The molecule has 7 heteroatoms. The zero-order valence-corrected chi connectivity index (χ0v) is 17.7. The highest BCUT2D eigenvalue weighted by atomic mass is 32.2. The predicted molar refractivity (Wildman–Crippen MR) is 114 cm³/mol. The van der Waals surface area contributed by atoms with Gasteiger partial charge in [-0.3, -0.25) is 9.59 Å². The molecule has 0 aliphatic carbocycles. The van der Waals surface area contributed by atoms with Gasteiger partial charge >= 0.3 is 0 Å².